The molecule has 2 aromatic carbocycles. The molecule has 1 N–H and O–H groups in total. The summed E-state index contributed by atoms with van der Waals surface area (Å²) >= 11 is 0. The molecular formula is C26H32N2O3. The number of likely N-dealkylation sites (tertiary alicyclic amines) is 1. The highest BCUT2D eigenvalue weighted by molar-refractivity contribution is 6.46. The number of amides is 1. The van der Waals surface area contributed by atoms with Crippen LogP contribution in [0.5, 0.6) is 0 Å². The number of ketones is 1. The molecule has 3 rings (SSSR count). The number of benzene rings is 2. The number of Topliss-reactive ketones (excluding diaryl/α,β-unsaturated/α-hetero) is 1. The van der Waals surface area contributed by atoms with E-state index in [4.69, 9.17) is 0 Å². The van der Waals surface area contributed by atoms with E-state index >= 15 is 0 Å². The van der Waals surface area contributed by atoms with Crippen LogP contribution in [0.3, 0.4) is 0 Å². The van der Waals surface area contributed by atoms with E-state index in [1.165, 1.54) is 0 Å². The van der Waals surface area contributed by atoms with Gasteiger partial charge >= 0.3 is 0 Å². The van der Waals surface area contributed by atoms with E-state index in [0.29, 0.717) is 18.7 Å². The van der Waals surface area contributed by atoms with Gasteiger partial charge in [-0.25, -0.2) is 0 Å². The van der Waals surface area contributed by atoms with Gasteiger partial charge in [0.25, 0.3) is 11.7 Å². The lowest BCUT2D eigenvalue weighted by atomic mass is 9.92. The number of carbonyl (C=O) groups excluding carboxylic acids is 2. The van der Waals surface area contributed by atoms with Crippen molar-refractivity contribution in [2.24, 2.45) is 0 Å². The zero-order valence-corrected chi connectivity index (χ0v) is 19.1. The lowest BCUT2D eigenvalue weighted by molar-refractivity contribution is -0.140. The minimum Gasteiger partial charge on any atom is -0.507 e. The molecule has 0 radical (unpaired) electrons. The number of aliphatic hydroxyl groups is 1. The quantitative estimate of drug-likeness (QED) is 0.410. The fourth-order valence-corrected chi connectivity index (χ4v) is 4.22. The fraction of sp³-hybridized carbons (Fsp3) is 0.385. The lowest BCUT2D eigenvalue weighted by Crippen LogP contribution is -2.38. The molecule has 1 amide bonds. The maximum absolute atomic E-state index is 13.2. The van der Waals surface area contributed by atoms with Crippen molar-refractivity contribution in [3.63, 3.8) is 0 Å². The minimum atomic E-state index is -0.621. The number of rotatable bonds is 7. The molecule has 5 nitrogen and oxygen atoms in total. The summed E-state index contributed by atoms with van der Waals surface area (Å²) in [6, 6.07) is 13.0. The molecule has 164 valence electrons. The normalized spacial score (nSPS) is 18.3. The molecule has 2 aromatic rings. The summed E-state index contributed by atoms with van der Waals surface area (Å²) in [5.41, 5.74) is 4.49. The largest absolute Gasteiger partial charge is 0.507 e. The molecule has 1 atom stereocenters. The van der Waals surface area contributed by atoms with Crippen LogP contribution >= 0.6 is 0 Å². The Bertz CT molecular complexity index is 1020. The highest BCUT2D eigenvalue weighted by atomic mass is 16.3. The van der Waals surface area contributed by atoms with Crippen molar-refractivity contribution >= 4 is 17.4 Å². The summed E-state index contributed by atoms with van der Waals surface area (Å²) in [5, 5.41) is 11.3. The first-order chi connectivity index (χ1) is 14.8. The molecule has 1 aliphatic heterocycles. The third kappa shape index (κ3) is 4.57. The number of aryl methyl sites for hydroxylation is 3. The summed E-state index contributed by atoms with van der Waals surface area (Å²) in [6.45, 7) is 12.8. The molecule has 0 bridgehead atoms. The monoisotopic (exact) mass is 420 g/mol. The second-order valence-electron chi connectivity index (χ2n) is 8.25. The van der Waals surface area contributed by atoms with Crippen LogP contribution in [-0.4, -0.2) is 52.8 Å². The number of carbonyl (C=O) groups is 2. The molecule has 0 aromatic heterocycles. The highest BCUT2D eigenvalue weighted by Gasteiger charge is 2.46. The first-order valence-electron chi connectivity index (χ1n) is 10.9. The second-order valence-corrected chi connectivity index (χ2v) is 8.25. The zero-order chi connectivity index (χ0) is 22.7. The summed E-state index contributed by atoms with van der Waals surface area (Å²) in [7, 11) is 0. The van der Waals surface area contributed by atoms with Crippen LogP contribution in [0.1, 0.15) is 47.7 Å². The van der Waals surface area contributed by atoms with E-state index in [2.05, 4.69) is 18.7 Å². The van der Waals surface area contributed by atoms with Crippen LogP contribution in [0.15, 0.2) is 48.0 Å². The maximum Gasteiger partial charge on any atom is 0.295 e. The predicted molar refractivity (Wildman–Crippen MR) is 124 cm³/mol. The predicted octanol–water partition coefficient (Wildman–Crippen LogP) is 4.38. The molecule has 31 heavy (non-hydrogen) atoms. The number of hydrogen-bond donors (Lipinski definition) is 1. The summed E-state index contributed by atoms with van der Waals surface area (Å²) in [6.07, 6.45) is 0. The van der Waals surface area contributed by atoms with Crippen molar-refractivity contribution in [3.05, 3.63) is 75.9 Å². The molecule has 1 fully saturated rings. The van der Waals surface area contributed by atoms with Gasteiger partial charge in [-0.05, 0) is 51.1 Å². The molecule has 5 heteroatoms. The van der Waals surface area contributed by atoms with Crippen LogP contribution in [0.4, 0.5) is 0 Å². The minimum absolute atomic E-state index is 0.101. The highest BCUT2D eigenvalue weighted by Crippen LogP contribution is 2.40. The SMILES string of the molecule is CCN(CC)CCN1C(=O)C(=O)/C(=C(/O)c2cc(C)ccc2C)C1c1cccc(C)c1. The lowest BCUT2D eigenvalue weighted by Gasteiger charge is -2.28. The number of likely N-dealkylation sites (N-methyl/N-ethyl adjacent to an activating group) is 1. The van der Waals surface area contributed by atoms with Crippen molar-refractivity contribution in [1.82, 2.24) is 9.80 Å². The van der Waals surface area contributed by atoms with Gasteiger partial charge in [-0.2, -0.15) is 0 Å². The Morgan fingerprint density at radius 2 is 1.68 bits per heavy atom. The Balaban J connectivity index is 2.15. The summed E-state index contributed by atoms with van der Waals surface area (Å²) in [5.74, 6) is -1.27. The van der Waals surface area contributed by atoms with Gasteiger partial charge in [0.2, 0.25) is 0 Å². The summed E-state index contributed by atoms with van der Waals surface area (Å²) in [4.78, 5) is 30.1. The van der Waals surface area contributed by atoms with Crippen LogP contribution in [0.25, 0.3) is 5.76 Å². The second kappa shape index (κ2) is 9.48. The van der Waals surface area contributed by atoms with Gasteiger partial charge in [-0.15, -0.1) is 0 Å². The van der Waals surface area contributed by atoms with Crippen molar-refractivity contribution in [2.45, 2.75) is 40.7 Å². The molecule has 0 saturated carbocycles. The molecule has 1 saturated heterocycles. The van der Waals surface area contributed by atoms with Gasteiger partial charge in [-0.3, -0.25) is 9.59 Å². The third-order valence-electron chi connectivity index (χ3n) is 6.10. The summed E-state index contributed by atoms with van der Waals surface area (Å²) < 4.78 is 0. The average molecular weight is 421 g/mol. The molecule has 0 spiro atoms. The maximum atomic E-state index is 13.2. The van der Waals surface area contributed by atoms with E-state index in [9.17, 15) is 14.7 Å². The number of aliphatic hydroxyl groups excluding tert-OH is 1. The first-order valence-corrected chi connectivity index (χ1v) is 10.9. The molecule has 1 unspecified atom stereocenters. The topological polar surface area (TPSA) is 60.9 Å². The van der Waals surface area contributed by atoms with Gasteiger partial charge < -0.3 is 14.9 Å². The standard InChI is InChI=1S/C26H32N2O3/c1-6-27(7-2)13-14-28-23(20-10-8-9-17(3)15-20)22(25(30)26(28)31)24(29)21-16-18(4)11-12-19(21)5/h8-12,15-16,23,29H,6-7,13-14H2,1-5H3/b24-22+. The van der Waals surface area contributed by atoms with Crippen LogP contribution in [0, 0.1) is 20.8 Å². The molecule has 1 heterocycles. The van der Waals surface area contributed by atoms with Gasteiger partial charge in [-0.1, -0.05) is 61.4 Å². The van der Waals surface area contributed by atoms with Gasteiger partial charge in [0.15, 0.2) is 0 Å². The van der Waals surface area contributed by atoms with Crippen molar-refractivity contribution in [3.8, 4) is 0 Å². The third-order valence-corrected chi connectivity index (χ3v) is 6.10. The van der Waals surface area contributed by atoms with Gasteiger partial charge in [0, 0.05) is 18.7 Å². The van der Waals surface area contributed by atoms with E-state index in [-0.39, 0.29) is 11.3 Å². The van der Waals surface area contributed by atoms with E-state index in [0.717, 1.165) is 35.3 Å². The van der Waals surface area contributed by atoms with Crippen LogP contribution in [0.2, 0.25) is 0 Å². The Kier molecular flexibility index (Phi) is 6.96. The van der Waals surface area contributed by atoms with Crippen molar-refractivity contribution in [2.75, 3.05) is 26.2 Å². The Morgan fingerprint density at radius 1 is 1.00 bits per heavy atom. The van der Waals surface area contributed by atoms with E-state index < -0.39 is 17.7 Å². The van der Waals surface area contributed by atoms with Crippen LogP contribution in [-0.2, 0) is 9.59 Å². The molecule has 1 aliphatic rings. The zero-order valence-electron chi connectivity index (χ0n) is 19.1. The smallest absolute Gasteiger partial charge is 0.295 e. The van der Waals surface area contributed by atoms with Crippen molar-refractivity contribution < 1.29 is 14.7 Å². The first kappa shape index (κ1) is 22.8. The van der Waals surface area contributed by atoms with Crippen LogP contribution < -0.4 is 0 Å². The number of hydrogen-bond acceptors (Lipinski definition) is 4. The van der Waals surface area contributed by atoms with E-state index in [1.807, 2.05) is 63.2 Å². The Morgan fingerprint density at radius 3 is 2.32 bits per heavy atom. The Hall–Kier alpha value is -2.92. The van der Waals surface area contributed by atoms with Gasteiger partial charge in [0.1, 0.15) is 5.76 Å². The fourth-order valence-electron chi connectivity index (χ4n) is 4.22. The number of nitrogens with zero attached hydrogens (tertiary/aromatic N) is 2. The van der Waals surface area contributed by atoms with Gasteiger partial charge in [0.05, 0.1) is 11.6 Å². The Labute approximate surface area is 185 Å². The molecule has 0 aliphatic carbocycles. The average Bonchev–Trinajstić information content (AvgIpc) is 3.00. The van der Waals surface area contributed by atoms with E-state index in [1.54, 1.807) is 4.90 Å². The van der Waals surface area contributed by atoms with Crippen molar-refractivity contribution in [1.29, 1.82) is 0 Å². The molecular weight excluding hydrogens is 388 g/mol.